The van der Waals surface area contributed by atoms with E-state index < -0.39 is 0 Å². The minimum atomic E-state index is -0.109. The monoisotopic (exact) mass is 274 g/mol. The van der Waals surface area contributed by atoms with E-state index >= 15 is 0 Å². The van der Waals surface area contributed by atoms with E-state index in [0.717, 1.165) is 24.1 Å². The SMILES string of the molecule is Cc1cc(C)c(O)c(NC(=O)C2NCC3CCCC32)c1. The predicted octanol–water partition coefficient (Wildman–Crippen LogP) is 2.34. The quantitative estimate of drug-likeness (QED) is 0.725. The van der Waals surface area contributed by atoms with Crippen LogP contribution in [-0.2, 0) is 4.79 Å². The van der Waals surface area contributed by atoms with Crippen molar-refractivity contribution in [1.29, 1.82) is 0 Å². The molecule has 1 aliphatic heterocycles. The van der Waals surface area contributed by atoms with Gasteiger partial charge in [0.2, 0.25) is 5.91 Å². The van der Waals surface area contributed by atoms with Gasteiger partial charge in [0.25, 0.3) is 0 Å². The summed E-state index contributed by atoms with van der Waals surface area (Å²) < 4.78 is 0. The van der Waals surface area contributed by atoms with Gasteiger partial charge >= 0.3 is 0 Å². The number of hydrogen-bond donors (Lipinski definition) is 3. The Hall–Kier alpha value is -1.55. The molecule has 0 spiro atoms. The molecule has 0 aromatic heterocycles. The summed E-state index contributed by atoms with van der Waals surface area (Å²) in [5, 5.41) is 16.3. The van der Waals surface area contributed by atoms with Crippen LogP contribution in [0.3, 0.4) is 0 Å². The van der Waals surface area contributed by atoms with Gasteiger partial charge in [-0.1, -0.05) is 12.5 Å². The zero-order valence-corrected chi connectivity index (χ0v) is 12.1. The van der Waals surface area contributed by atoms with Gasteiger partial charge in [-0.25, -0.2) is 0 Å². The lowest BCUT2D eigenvalue weighted by Crippen LogP contribution is -2.39. The molecule has 4 heteroatoms. The lowest BCUT2D eigenvalue weighted by atomic mass is 9.93. The maximum atomic E-state index is 12.4. The highest BCUT2D eigenvalue weighted by Crippen LogP contribution is 2.38. The number of aromatic hydroxyl groups is 1. The summed E-state index contributed by atoms with van der Waals surface area (Å²) in [6.07, 6.45) is 3.60. The first kappa shape index (κ1) is 13.4. The molecule has 1 saturated carbocycles. The molecule has 108 valence electrons. The van der Waals surface area contributed by atoms with Crippen molar-refractivity contribution < 1.29 is 9.90 Å². The van der Waals surface area contributed by atoms with Gasteiger partial charge in [-0.05, 0) is 62.3 Å². The molecule has 2 fully saturated rings. The van der Waals surface area contributed by atoms with Gasteiger partial charge in [0.15, 0.2) is 0 Å². The number of carbonyl (C=O) groups excluding carboxylic acids is 1. The molecule has 1 heterocycles. The third-order valence-electron chi connectivity index (χ3n) is 4.73. The zero-order chi connectivity index (χ0) is 14.3. The van der Waals surface area contributed by atoms with Crippen molar-refractivity contribution in [3.63, 3.8) is 0 Å². The predicted molar refractivity (Wildman–Crippen MR) is 78.8 cm³/mol. The summed E-state index contributed by atoms with van der Waals surface area (Å²) in [6, 6.07) is 3.62. The van der Waals surface area contributed by atoms with Crippen molar-refractivity contribution in [3.05, 3.63) is 23.3 Å². The molecular formula is C16H22N2O2. The fourth-order valence-electron chi connectivity index (χ4n) is 3.74. The molecular weight excluding hydrogens is 252 g/mol. The molecule has 20 heavy (non-hydrogen) atoms. The van der Waals surface area contributed by atoms with E-state index in [9.17, 15) is 9.90 Å². The molecule has 3 unspecified atom stereocenters. The minimum Gasteiger partial charge on any atom is -0.505 e. The number of benzene rings is 1. The van der Waals surface area contributed by atoms with Gasteiger partial charge in [-0.2, -0.15) is 0 Å². The van der Waals surface area contributed by atoms with Crippen molar-refractivity contribution in [2.45, 2.75) is 39.2 Å². The molecule has 0 bridgehead atoms. The first-order valence-electron chi connectivity index (χ1n) is 7.40. The summed E-state index contributed by atoms with van der Waals surface area (Å²) in [6.45, 7) is 4.75. The number of phenolic OH excluding ortho intramolecular Hbond substituents is 1. The van der Waals surface area contributed by atoms with Crippen LogP contribution < -0.4 is 10.6 Å². The number of fused-ring (bicyclic) bond motifs is 1. The lowest BCUT2D eigenvalue weighted by molar-refractivity contribution is -0.118. The summed E-state index contributed by atoms with van der Waals surface area (Å²) >= 11 is 0. The molecule has 4 nitrogen and oxygen atoms in total. The van der Waals surface area contributed by atoms with Gasteiger partial charge in [0, 0.05) is 0 Å². The molecule has 1 aliphatic carbocycles. The average Bonchev–Trinajstić information content (AvgIpc) is 2.97. The van der Waals surface area contributed by atoms with E-state index in [1.807, 2.05) is 26.0 Å². The van der Waals surface area contributed by atoms with Gasteiger partial charge in [0.1, 0.15) is 5.75 Å². The van der Waals surface area contributed by atoms with Crippen LogP contribution in [0.2, 0.25) is 0 Å². The first-order chi connectivity index (χ1) is 9.56. The maximum Gasteiger partial charge on any atom is 0.241 e. The Morgan fingerprint density at radius 1 is 1.35 bits per heavy atom. The first-order valence-corrected chi connectivity index (χ1v) is 7.40. The highest BCUT2D eigenvalue weighted by molar-refractivity contribution is 5.96. The molecule has 1 saturated heterocycles. The second-order valence-electron chi connectivity index (χ2n) is 6.21. The van der Waals surface area contributed by atoms with Crippen LogP contribution in [0.25, 0.3) is 0 Å². The van der Waals surface area contributed by atoms with Crippen molar-refractivity contribution in [2.75, 3.05) is 11.9 Å². The summed E-state index contributed by atoms with van der Waals surface area (Å²) in [7, 11) is 0. The molecule has 1 amide bonds. The smallest absolute Gasteiger partial charge is 0.241 e. The Kier molecular flexibility index (Phi) is 3.42. The molecule has 1 aromatic carbocycles. The van der Waals surface area contributed by atoms with Gasteiger partial charge < -0.3 is 15.7 Å². The molecule has 3 N–H and O–H groups in total. The Labute approximate surface area is 119 Å². The Morgan fingerprint density at radius 2 is 2.15 bits per heavy atom. The van der Waals surface area contributed by atoms with Crippen LogP contribution >= 0.6 is 0 Å². The number of hydrogen-bond acceptors (Lipinski definition) is 3. The molecule has 2 aliphatic rings. The number of phenols is 1. The number of nitrogens with one attached hydrogen (secondary N) is 2. The Bertz CT molecular complexity index is 542. The second kappa shape index (κ2) is 5.09. The molecule has 0 radical (unpaired) electrons. The van der Waals surface area contributed by atoms with Crippen LogP contribution in [-0.4, -0.2) is 23.6 Å². The van der Waals surface area contributed by atoms with Crippen LogP contribution in [0, 0.1) is 25.7 Å². The summed E-state index contributed by atoms with van der Waals surface area (Å²) in [5.41, 5.74) is 2.35. The fraction of sp³-hybridized carbons (Fsp3) is 0.562. The van der Waals surface area contributed by atoms with E-state index in [0.29, 0.717) is 17.5 Å². The standard InChI is InChI=1S/C16H22N2O2/c1-9-6-10(2)15(19)13(7-9)18-16(20)14-12-5-3-4-11(12)8-17-14/h6-7,11-12,14,17,19H,3-5,8H2,1-2H3,(H,18,20). The number of carbonyl (C=O) groups is 1. The average molecular weight is 274 g/mol. The number of anilines is 1. The number of rotatable bonds is 2. The number of aryl methyl sites for hydroxylation is 2. The Morgan fingerprint density at radius 3 is 2.95 bits per heavy atom. The van der Waals surface area contributed by atoms with E-state index in [-0.39, 0.29) is 17.7 Å². The maximum absolute atomic E-state index is 12.4. The van der Waals surface area contributed by atoms with Crippen LogP contribution in [0.4, 0.5) is 5.69 Å². The zero-order valence-electron chi connectivity index (χ0n) is 12.1. The lowest BCUT2D eigenvalue weighted by Gasteiger charge is -2.19. The van der Waals surface area contributed by atoms with Crippen LogP contribution in [0.5, 0.6) is 5.75 Å². The summed E-state index contributed by atoms with van der Waals surface area (Å²) in [4.78, 5) is 12.4. The fourth-order valence-corrected chi connectivity index (χ4v) is 3.74. The van der Waals surface area contributed by atoms with Gasteiger partial charge in [-0.3, -0.25) is 4.79 Å². The van der Waals surface area contributed by atoms with E-state index in [2.05, 4.69) is 10.6 Å². The molecule has 3 atom stereocenters. The van der Waals surface area contributed by atoms with Gasteiger partial charge in [-0.15, -0.1) is 0 Å². The van der Waals surface area contributed by atoms with Crippen LogP contribution in [0.15, 0.2) is 12.1 Å². The van der Waals surface area contributed by atoms with Gasteiger partial charge in [0.05, 0.1) is 11.7 Å². The molecule has 1 aromatic rings. The van der Waals surface area contributed by atoms with Crippen LogP contribution in [0.1, 0.15) is 30.4 Å². The largest absolute Gasteiger partial charge is 0.505 e. The third-order valence-corrected chi connectivity index (χ3v) is 4.73. The molecule has 3 rings (SSSR count). The highest BCUT2D eigenvalue weighted by Gasteiger charge is 2.42. The van der Waals surface area contributed by atoms with Crippen molar-refractivity contribution >= 4 is 11.6 Å². The van der Waals surface area contributed by atoms with E-state index in [1.165, 1.54) is 12.8 Å². The van der Waals surface area contributed by atoms with Crippen molar-refractivity contribution in [1.82, 2.24) is 5.32 Å². The number of amides is 1. The van der Waals surface area contributed by atoms with E-state index in [1.54, 1.807) is 0 Å². The van der Waals surface area contributed by atoms with Crippen molar-refractivity contribution in [2.24, 2.45) is 11.8 Å². The summed E-state index contributed by atoms with van der Waals surface area (Å²) in [5.74, 6) is 1.27. The van der Waals surface area contributed by atoms with E-state index in [4.69, 9.17) is 0 Å². The van der Waals surface area contributed by atoms with Crippen molar-refractivity contribution in [3.8, 4) is 5.75 Å². The normalized spacial score (nSPS) is 28.4. The third kappa shape index (κ3) is 2.29. The topological polar surface area (TPSA) is 61.4 Å². The second-order valence-corrected chi connectivity index (χ2v) is 6.21. The minimum absolute atomic E-state index is 0.0142. The Balaban J connectivity index is 1.76. The highest BCUT2D eigenvalue weighted by atomic mass is 16.3.